The van der Waals surface area contributed by atoms with Crippen molar-refractivity contribution in [2.75, 3.05) is 0 Å². The number of hydrogen-bond donors (Lipinski definition) is 1. The Kier molecular flexibility index (Phi) is 4.81. The number of amides is 1. The number of carbonyl (C=O) groups is 1. The lowest BCUT2D eigenvalue weighted by molar-refractivity contribution is -0.123. The standard InChI is InChI=1S/C15H20BrNO/c1-2-12(11-7-4-3-5-8-11)15(18)17-14-10-6-9-13(14)16/h3-5,7-8,12-14H,2,6,9-10H2,1H3,(H,17,18). The van der Waals surface area contributed by atoms with Gasteiger partial charge in [-0.2, -0.15) is 0 Å². The number of hydrogen-bond acceptors (Lipinski definition) is 1. The Morgan fingerprint density at radius 2 is 2.11 bits per heavy atom. The van der Waals surface area contributed by atoms with Gasteiger partial charge in [-0.1, -0.05) is 59.6 Å². The maximum Gasteiger partial charge on any atom is 0.227 e. The quantitative estimate of drug-likeness (QED) is 0.846. The van der Waals surface area contributed by atoms with E-state index in [1.54, 1.807) is 0 Å². The summed E-state index contributed by atoms with van der Waals surface area (Å²) in [6.07, 6.45) is 4.29. The molecule has 98 valence electrons. The second-order valence-electron chi connectivity index (χ2n) is 4.93. The van der Waals surface area contributed by atoms with E-state index in [2.05, 4.69) is 28.2 Å². The van der Waals surface area contributed by atoms with E-state index >= 15 is 0 Å². The zero-order valence-electron chi connectivity index (χ0n) is 10.7. The summed E-state index contributed by atoms with van der Waals surface area (Å²) in [5.74, 6) is 0.145. The molecule has 1 aromatic rings. The average molecular weight is 310 g/mol. The average Bonchev–Trinajstić information content (AvgIpc) is 2.77. The Morgan fingerprint density at radius 1 is 1.39 bits per heavy atom. The number of alkyl halides is 1. The topological polar surface area (TPSA) is 29.1 Å². The summed E-state index contributed by atoms with van der Waals surface area (Å²) in [5, 5.41) is 3.19. The Labute approximate surface area is 117 Å². The van der Waals surface area contributed by atoms with E-state index in [1.807, 2.05) is 30.3 Å². The highest BCUT2D eigenvalue weighted by Gasteiger charge is 2.28. The minimum absolute atomic E-state index is 0.0218. The van der Waals surface area contributed by atoms with Gasteiger partial charge in [0.1, 0.15) is 0 Å². The molecule has 3 heteroatoms. The fraction of sp³-hybridized carbons (Fsp3) is 0.533. The maximum atomic E-state index is 12.3. The molecular weight excluding hydrogens is 290 g/mol. The van der Waals surface area contributed by atoms with Gasteiger partial charge in [0.05, 0.1) is 5.92 Å². The van der Waals surface area contributed by atoms with Gasteiger partial charge >= 0.3 is 0 Å². The molecule has 0 bridgehead atoms. The SMILES string of the molecule is CCC(C(=O)NC1CCCC1Br)c1ccccc1. The maximum absolute atomic E-state index is 12.3. The van der Waals surface area contributed by atoms with Crippen LogP contribution in [0.4, 0.5) is 0 Å². The molecule has 0 aromatic heterocycles. The first-order valence-corrected chi connectivity index (χ1v) is 7.63. The molecule has 0 radical (unpaired) electrons. The third kappa shape index (κ3) is 3.14. The van der Waals surface area contributed by atoms with E-state index in [0.29, 0.717) is 10.9 Å². The lowest BCUT2D eigenvalue weighted by Crippen LogP contribution is -2.40. The lowest BCUT2D eigenvalue weighted by atomic mass is 9.95. The number of benzene rings is 1. The van der Waals surface area contributed by atoms with Gasteiger partial charge in [0.2, 0.25) is 5.91 Å². The van der Waals surface area contributed by atoms with Gasteiger partial charge in [-0.05, 0) is 24.8 Å². The monoisotopic (exact) mass is 309 g/mol. The molecule has 0 saturated heterocycles. The van der Waals surface area contributed by atoms with E-state index in [1.165, 1.54) is 6.42 Å². The molecule has 1 aliphatic carbocycles. The Hall–Kier alpha value is -0.830. The van der Waals surface area contributed by atoms with Crippen LogP contribution in [0.3, 0.4) is 0 Å². The summed E-state index contributed by atoms with van der Waals surface area (Å²) in [5.41, 5.74) is 1.11. The second kappa shape index (κ2) is 6.37. The van der Waals surface area contributed by atoms with Crippen LogP contribution in [0.15, 0.2) is 30.3 Å². The first-order valence-electron chi connectivity index (χ1n) is 6.71. The van der Waals surface area contributed by atoms with Crippen molar-refractivity contribution >= 4 is 21.8 Å². The Morgan fingerprint density at radius 3 is 2.67 bits per heavy atom. The van der Waals surface area contributed by atoms with Gasteiger partial charge in [0.25, 0.3) is 0 Å². The molecule has 1 aromatic carbocycles. The Balaban J connectivity index is 2.02. The van der Waals surface area contributed by atoms with E-state index in [9.17, 15) is 4.79 Å². The summed E-state index contributed by atoms with van der Waals surface area (Å²) in [4.78, 5) is 12.8. The zero-order valence-corrected chi connectivity index (χ0v) is 12.3. The van der Waals surface area contributed by atoms with Gasteiger partial charge in [-0.25, -0.2) is 0 Å². The van der Waals surface area contributed by atoms with Crippen LogP contribution in [-0.4, -0.2) is 16.8 Å². The van der Waals surface area contributed by atoms with Crippen LogP contribution >= 0.6 is 15.9 Å². The molecule has 1 N–H and O–H groups in total. The fourth-order valence-corrected chi connectivity index (χ4v) is 3.34. The third-order valence-corrected chi connectivity index (χ3v) is 4.78. The van der Waals surface area contributed by atoms with Crippen LogP contribution in [0.5, 0.6) is 0 Å². The van der Waals surface area contributed by atoms with Crippen LogP contribution in [0.25, 0.3) is 0 Å². The van der Waals surface area contributed by atoms with Gasteiger partial charge in [-0.3, -0.25) is 4.79 Å². The van der Waals surface area contributed by atoms with Gasteiger partial charge in [-0.15, -0.1) is 0 Å². The van der Waals surface area contributed by atoms with Crippen LogP contribution in [0.1, 0.15) is 44.1 Å². The fourth-order valence-electron chi connectivity index (χ4n) is 2.62. The molecule has 1 fully saturated rings. The molecule has 0 heterocycles. The van der Waals surface area contributed by atoms with Crippen molar-refractivity contribution in [2.45, 2.75) is 49.4 Å². The highest BCUT2D eigenvalue weighted by atomic mass is 79.9. The minimum atomic E-state index is -0.0218. The summed E-state index contributed by atoms with van der Waals surface area (Å²) in [7, 11) is 0. The molecule has 1 aliphatic rings. The zero-order chi connectivity index (χ0) is 13.0. The van der Waals surface area contributed by atoms with Gasteiger partial charge < -0.3 is 5.32 Å². The molecule has 2 rings (SSSR count). The van der Waals surface area contributed by atoms with Crippen molar-refractivity contribution in [2.24, 2.45) is 0 Å². The van der Waals surface area contributed by atoms with Crippen molar-refractivity contribution in [3.63, 3.8) is 0 Å². The molecule has 18 heavy (non-hydrogen) atoms. The Bertz CT molecular complexity index is 393. The predicted molar refractivity (Wildman–Crippen MR) is 78.0 cm³/mol. The first-order chi connectivity index (χ1) is 8.72. The third-order valence-electron chi connectivity index (χ3n) is 3.69. The molecule has 3 atom stereocenters. The van der Waals surface area contributed by atoms with Crippen molar-refractivity contribution in [1.82, 2.24) is 5.32 Å². The highest BCUT2D eigenvalue weighted by Crippen LogP contribution is 2.27. The van der Waals surface area contributed by atoms with Crippen molar-refractivity contribution < 1.29 is 4.79 Å². The number of carbonyl (C=O) groups excluding carboxylic acids is 1. The number of rotatable bonds is 4. The van der Waals surface area contributed by atoms with Crippen molar-refractivity contribution in [3.05, 3.63) is 35.9 Å². The van der Waals surface area contributed by atoms with Crippen LogP contribution in [0.2, 0.25) is 0 Å². The highest BCUT2D eigenvalue weighted by molar-refractivity contribution is 9.09. The predicted octanol–water partition coefficient (Wildman–Crippen LogP) is 3.61. The summed E-state index contributed by atoms with van der Waals surface area (Å²) in [6.45, 7) is 2.07. The molecule has 3 unspecified atom stereocenters. The molecular formula is C15H20BrNO. The minimum Gasteiger partial charge on any atom is -0.352 e. The van der Waals surface area contributed by atoms with Crippen LogP contribution in [0, 0.1) is 0 Å². The van der Waals surface area contributed by atoms with E-state index < -0.39 is 0 Å². The van der Waals surface area contributed by atoms with Crippen molar-refractivity contribution in [3.8, 4) is 0 Å². The first kappa shape index (κ1) is 13.6. The normalized spacial score (nSPS) is 24.8. The second-order valence-corrected chi connectivity index (χ2v) is 6.11. The van der Waals surface area contributed by atoms with Gasteiger partial charge in [0.15, 0.2) is 0 Å². The molecule has 2 nitrogen and oxygen atoms in total. The number of nitrogens with one attached hydrogen (secondary N) is 1. The molecule has 1 amide bonds. The molecule has 0 aliphatic heterocycles. The smallest absolute Gasteiger partial charge is 0.227 e. The van der Waals surface area contributed by atoms with E-state index in [-0.39, 0.29) is 11.8 Å². The van der Waals surface area contributed by atoms with E-state index in [0.717, 1.165) is 24.8 Å². The lowest BCUT2D eigenvalue weighted by Gasteiger charge is -2.21. The largest absolute Gasteiger partial charge is 0.352 e. The van der Waals surface area contributed by atoms with Gasteiger partial charge in [0, 0.05) is 10.9 Å². The molecule has 1 saturated carbocycles. The van der Waals surface area contributed by atoms with Crippen LogP contribution in [-0.2, 0) is 4.79 Å². The van der Waals surface area contributed by atoms with E-state index in [4.69, 9.17) is 0 Å². The summed E-state index contributed by atoms with van der Waals surface area (Å²) < 4.78 is 0. The van der Waals surface area contributed by atoms with Crippen molar-refractivity contribution in [1.29, 1.82) is 0 Å². The molecule has 0 spiro atoms. The number of halogens is 1. The summed E-state index contributed by atoms with van der Waals surface area (Å²) in [6, 6.07) is 10.3. The van der Waals surface area contributed by atoms with Crippen LogP contribution < -0.4 is 5.32 Å². The summed E-state index contributed by atoms with van der Waals surface area (Å²) >= 11 is 3.65.